The molecule has 124 valence electrons. The maximum Gasteiger partial charge on any atom is 0.417 e. The number of methoxy groups -OCH3 is 1. The van der Waals surface area contributed by atoms with Crippen LogP contribution < -0.4 is 4.74 Å². The van der Waals surface area contributed by atoms with Gasteiger partial charge in [0.2, 0.25) is 0 Å². The molecule has 0 spiro atoms. The zero-order valence-electron chi connectivity index (χ0n) is 12.8. The largest absolute Gasteiger partial charge is 0.496 e. The molecule has 1 saturated heterocycles. The number of likely N-dealkylation sites (tertiary alicyclic amines) is 1. The van der Waals surface area contributed by atoms with Crippen LogP contribution in [0.5, 0.6) is 5.75 Å². The van der Waals surface area contributed by atoms with E-state index in [1.807, 2.05) is 0 Å². The lowest BCUT2D eigenvalue weighted by Gasteiger charge is -2.30. The van der Waals surface area contributed by atoms with E-state index in [-0.39, 0.29) is 36.4 Å². The Hall–Kier alpha value is -1.30. The summed E-state index contributed by atoms with van der Waals surface area (Å²) in [5.41, 5.74) is -0.268. The van der Waals surface area contributed by atoms with E-state index in [9.17, 15) is 17.6 Å². The Labute approximate surface area is 128 Å². The summed E-state index contributed by atoms with van der Waals surface area (Å²) in [5, 5.41) is 0. The number of rotatable bonds is 4. The maximum absolute atomic E-state index is 13.5. The molecule has 0 N–H and O–H groups in total. The van der Waals surface area contributed by atoms with Gasteiger partial charge in [-0.1, -0.05) is 13.0 Å². The van der Waals surface area contributed by atoms with Crippen LogP contribution >= 0.6 is 0 Å². The number of hydrogen-bond donors (Lipinski definition) is 0. The molecule has 1 aromatic carbocycles. The van der Waals surface area contributed by atoms with Crippen LogP contribution in [0.3, 0.4) is 0 Å². The van der Waals surface area contributed by atoms with Crippen LogP contribution in [0.25, 0.3) is 0 Å². The van der Waals surface area contributed by atoms with Crippen molar-refractivity contribution >= 4 is 0 Å². The molecular weight excluding hydrogens is 298 g/mol. The molecule has 0 aromatic heterocycles. The molecule has 0 saturated carbocycles. The minimum Gasteiger partial charge on any atom is -0.496 e. The number of benzene rings is 1. The van der Waals surface area contributed by atoms with Gasteiger partial charge in [0.1, 0.15) is 11.9 Å². The molecule has 2 rings (SSSR count). The minimum absolute atomic E-state index is 0.117. The van der Waals surface area contributed by atoms with Crippen molar-refractivity contribution < 1.29 is 22.3 Å². The summed E-state index contributed by atoms with van der Waals surface area (Å²) < 4.78 is 59.0. The number of ether oxygens (including phenoxy) is 1. The van der Waals surface area contributed by atoms with Crippen molar-refractivity contribution in [1.82, 2.24) is 4.90 Å². The van der Waals surface area contributed by atoms with Gasteiger partial charge in [-0.25, -0.2) is 4.39 Å². The number of halogens is 4. The third-order valence-electron chi connectivity index (χ3n) is 4.06. The van der Waals surface area contributed by atoms with Gasteiger partial charge >= 0.3 is 6.18 Å². The Morgan fingerprint density at radius 3 is 2.59 bits per heavy atom. The van der Waals surface area contributed by atoms with E-state index in [1.165, 1.54) is 13.2 Å². The molecule has 1 aromatic rings. The van der Waals surface area contributed by atoms with Gasteiger partial charge in [0, 0.05) is 18.7 Å². The summed E-state index contributed by atoms with van der Waals surface area (Å²) in [4.78, 5) is 1.75. The van der Waals surface area contributed by atoms with Gasteiger partial charge in [-0.05, 0) is 37.4 Å². The third-order valence-corrected chi connectivity index (χ3v) is 4.06. The van der Waals surface area contributed by atoms with Gasteiger partial charge < -0.3 is 4.74 Å². The van der Waals surface area contributed by atoms with E-state index < -0.39 is 17.9 Å². The van der Waals surface area contributed by atoms with Gasteiger partial charge in [0.25, 0.3) is 0 Å². The van der Waals surface area contributed by atoms with E-state index in [2.05, 4.69) is 0 Å². The molecule has 0 amide bonds. The molecule has 1 aliphatic heterocycles. The molecule has 22 heavy (non-hydrogen) atoms. The van der Waals surface area contributed by atoms with Gasteiger partial charge in [-0.2, -0.15) is 13.2 Å². The average Bonchev–Trinajstić information content (AvgIpc) is 2.45. The number of piperidine rings is 1. The lowest BCUT2D eigenvalue weighted by Crippen LogP contribution is -2.36. The first-order chi connectivity index (χ1) is 10.4. The smallest absolute Gasteiger partial charge is 0.417 e. The van der Waals surface area contributed by atoms with Crippen LogP contribution in [0.15, 0.2) is 12.1 Å². The lowest BCUT2D eigenvalue weighted by molar-refractivity contribution is -0.139. The Morgan fingerprint density at radius 2 is 2.05 bits per heavy atom. The summed E-state index contributed by atoms with van der Waals surface area (Å²) >= 11 is 0. The third kappa shape index (κ3) is 3.72. The molecule has 2 nitrogen and oxygen atoms in total. The molecule has 6 heteroatoms. The molecule has 0 bridgehead atoms. The molecule has 1 unspecified atom stereocenters. The van der Waals surface area contributed by atoms with Crippen molar-refractivity contribution in [2.45, 2.75) is 45.1 Å². The van der Waals surface area contributed by atoms with E-state index >= 15 is 0 Å². The Bertz CT molecular complexity index is 516. The number of nitrogens with zero attached hydrogens (tertiary/aromatic N) is 1. The highest BCUT2D eigenvalue weighted by atomic mass is 19.4. The van der Waals surface area contributed by atoms with Crippen molar-refractivity contribution in [1.29, 1.82) is 0 Å². The van der Waals surface area contributed by atoms with Gasteiger partial charge in [-0.3, -0.25) is 4.90 Å². The van der Waals surface area contributed by atoms with Crippen molar-refractivity contribution in [3.63, 3.8) is 0 Å². The SMILES string of the molecule is CCc1c(OC)ccc(CN2CCCC(F)C2)c1C(F)(F)F. The second-order valence-electron chi connectivity index (χ2n) is 5.61. The highest BCUT2D eigenvalue weighted by molar-refractivity contribution is 5.47. The van der Waals surface area contributed by atoms with E-state index in [0.29, 0.717) is 19.4 Å². The van der Waals surface area contributed by atoms with Crippen molar-refractivity contribution in [2.24, 2.45) is 0 Å². The van der Waals surface area contributed by atoms with Crippen LogP contribution in [0.4, 0.5) is 17.6 Å². The van der Waals surface area contributed by atoms with E-state index in [1.54, 1.807) is 17.9 Å². The topological polar surface area (TPSA) is 12.5 Å². The first-order valence-electron chi connectivity index (χ1n) is 7.49. The predicted molar refractivity (Wildman–Crippen MR) is 76.8 cm³/mol. The summed E-state index contributed by atoms with van der Waals surface area (Å²) in [6.07, 6.45) is -3.99. The zero-order chi connectivity index (χ0) is 16.3. The summed E-state index contributed by atoms with van der Waals surface area (Å²) in [7, 11) is 1.37. The highest BCUT2D eigenvalue weighted by Gasteiger charge is 2.37. The van der Waals surface area contributed by atoms with Gasteiger partial charge in [0.05, 0.1) is 12.7 Å². The molecule has 0 aliphatic carbocycles. The normalized spacial score (nSPS) is 20.2. The van der Waals surface area contributed by atoms with Crippen LogP contribution in [0, 0.1) is 0 Å². The Kier molecular flexibility index (Phi) is 5.32. The summed E-state index contributed by atoms with van der Waals surface area (Å²) in [6.45, 7) is 2.62. The second kappa shape index (κ2) is 6.86. The van der Waals surface area contributed by atoms with Crippen LogP contribution in [-0.4, -0.2) is 31.3 Å². The van der Waals surface area contributed by atoms with Crippen LogP contribution in [0.1, 0.15) is 36.5 Å². The first kappa shape index (κ1) is 17.1. The fourth-order valence-electron chi connectivity index (χ4n) is 3.09. The number of alkyl halides is 4. The molecule has 1 heterocycles. The molecule has 1 aliphatic rings. The van der Waals surface area contributed by atoms with E-state index in [4.69, 9.17) is 4.74 Å². The van der Waals surface area contributed by atoms with Crippen molar-refractivity contribution in [2.75, 3.05) is 20.2 Å². The predicted octanol–water partition coefficient (Wildman–Crippen LogP) is 4.21. The summed E-state index contributed by atoms with van der Waals surface area (Å²) in [5.74, 6) is 0.251. The second-order valence-corrected chi connectivity index (χ2v) is 5.61. The minimum atomic E-state index is -4.44. The van der Waals surface area contributed by atoms with Crippen LogP contribution in [-0.2, 0) is 19.1 Å². The van der Waals surface area contributed by atoms with Crippen molar-refractivity contribution in [3.8, 4) is 5.75 Å². The zero-order valence-corrected chi connectivity index (χ0v) is 12.8. The number of hydrogen-bond acceptors (Lipinski definition) is 2. The average molecular weight is 319 g/mol. The fraction of sp³-hybridized carbons (Fsp3) is 0.625. The Morgan fingerprint density at radius 1 is 1.32 bits per heavy atom. The monoisotopic (exact) mass is 319 g/mol. The van der Waals surface area contributed by atoms with E-state index in [0.717, 1.165) is 0 Å². The Balaban J connectivity index is 2.38. The van der Waals surface area contributed by atoms with Crippen molar-refractivity contribution in [3.05, 3.63) is 28.8 Å². The summed E-state index contributed by atoms with van der Waals surface area (Å²) in [6, 6.07) is 3.02. The molecule has 1 fully saturated rings. The maximum atomic E-state index is 13.5. The molecule has 0 radical (unpaired) electrons. The quantitative estimate of drug-likeness (QED) is 0.771. The highest BCUT2D eigenvalue weighted by Crippen LogP contribution is 2.39. The fourth-order valence-corrected chi connectivity index (χ4v) is 3.09. The molecular formula is C16H21F4NO. The van der Waals surface area contributed by atoms with Gasteiger partial charge in [0.15, 0.2) is 0 Å². The lowest BCUT2D eigenvalue weighted by atomic mass is 9.96. The van der Waals surface area contributed by atoms with Crippen LogP contribution in [0.2, 0.25) is 0 Å². The van der Waals surface area contributed by atoms with Gasteiger partial charge in [-0.15, -0.1) is 0 Å². The molecule has 1 atom stereocenters. The standard InChI is InChI=1S/C16H21F4NO/c1-3-13-14(22-2)7-6-11(15(13)16(18,19)20)9-21-8-4-5-12(17)10-21/h6-7,12H,3-5,8-10H2,1-2H3. The first-order valence-corrected chi connectivity index (χ1v) is 7.49.